The van der Waals surface area contributed by atoms with Gasteiger partial charge in [0.2, 0.25) is 5.95 Å². The Bertz CT molecular complexity index is 1140. The maximum Gasteiger partial charge on any atom is 0.342 e. The van der Waals surface area contributed by atoms with Crippen LogP contribution in [0.5, 0.6) is 0 Å². The molecule has 0 spiro atoms. The Morgan fingerprint density at radius 2 is 1.97 bits per heavy atom. The zero-order chi connectivity index (χ0) is 26.0. The highest BCUT2D eigenvalue weighted by Gasteiger charge is 2.48. The molecule has 2 N–H and O–H groups in total. The molecule has 2 aliphatic rings. The molecule has 0 radical (unpaired) electrons. The molecule has 1 saturated carbocycles. The zero-order valence-electron chi connectivity index (χ0n) is 20.5. The summed E-state index contributed by atoms with van der Waals surface area (Å²) in [4.78, 5) is 37.5. The Labute approximate surface area is 207 Å². The predicted molar refractivity (Wildman–Crippen MR) is 131 cm³/mol. The van der Waals surface area contributed by atoms with Crippen molar-refractivity contribution in [2.75, 3.05) is 55.9 Å². The number of nitrogens with one attached hydrogen (secondary N) is 2. The number of benzene rings is 1. The van der Waals surface area contributed by atoms with Crippen LogP contribution in [-0.4, -0.2) is 79.4 Å². The molecule has 4 rings (SSSR count). The van der Waals surface area contributed by atoms with Gasteiger partial charge in [-0.05, 0) is 45.1 Å². The Morgan fingerprint density at radius 1 is 1.25 bits per heavy atom. The molecule has 1 aromatic heterocycles. The second kappa shape index (κ2) is 10.3. The van der Waals surface area contributed by atoms with Gasteiger partial charge in [0.05, 0.1) is 18.4 Å². The maximum absolute atomic E-state index is 14.8. The van der Waals surface area contributed by atoms with E-state index in [0.29, 0.717) is 25.9 Å². The van der Waals surface area contributed by atoms with E-state index < -0.39 is 30.1 Å². The molecule has 0 bridgehead atoms. The topological polar surface area (TPSA) is 93.7 Å². The number of hydrogen-bond acceptors (Lipinski definition) is 7. The monoisotopic (exact) mass is 505 g/mol. The number of amides is 2. The highest BCUT2D eigenvalue weighted by molar-refractivity contribution is 6.02. The number of anilines is 4. The molecular formula is C24H30F3N7O2. The van der Waals surface area contributed by atoms with Gasteiger partial charge < -0.3 is 25.3 Å². The molecule has 2 amide bonds. The number of carbonyl (C=O) groups excluding carboxylic acids is 2. The number of hydrogen-bond donors (Lipinski definition) is 2. The van der Waals surface area contributed by atoms with Crippen molar-refractivity contribution in [2.24, 2.45) is 0 Å². The van der Waals surface area contributed by atoms with E-state index in [1.54, 1.807) is 0 Å². The van der Waals surface area contributed by atoms with Gasteiger partial charge in [0.25, 0.3) is 11.8 Å². The summed E-state index contributed by atoms with van der Waals surface area (Å²) in [5, 5.41) is 5.49. The largest absolute Gasteiger partial charge is 0.351 e. The fourth-order valence-electron chi connectivity index (χ4n) is 4.48. The molecule has 2 aromatic rings. The third kappa shape index (κ3) is 5.38. The number of rotatable bonds is 7. The summed E-state index contributed by atoms with van der Waals surface area (Å²) in [6, 6.07) is 3.79. The van der Waals surface area contributed by atoms with Crippen molar-refractivity contribution in [2.45, 2.75) is 37.6 Å². The summed E-state index contributed by atoms with van der Waals surface area (Å²) < 4.78 is 44.3. The van der Waals surface area contributed by atoms with Crippen molar-refractivity contribution in [3.63, 3.8) is 0 Å². The summed E-state index contributed by atoms with van der Waals surface area (Å²) in [6.45, 7) is 0.286. The molecule has 0 atom stereocenters. The van der Waals surface area contributed by atoms with Crippen LogP contribution in [0.1, 0.15) is 36.0 Å². The standard InChI is InChI=1S/C24H30F3N7O2/c1-32(2)11-10-28-21(35)15-8-9-18(17(25)12-15)30-23-29-13-19-20(31-23)34(16-6-4-5-7-16)14-24(26,27)22(36)33(19)3/h8-9,12-13,16H,4-7,10-11,14H2,1-3H3,(H,28,35)(H,29,30,31). The van der Waals surface area contributed by atoms with E-state index in [-0.39, 0.29) is 34.7 Å². The van der Waals surface area contributed by atoms with Crippen LogP contribution in [0.25, 0.3) is 0 Å². The first-order valence-corrected chi connectivity index (χ1v) is 11.9. The smallest absolute Gasteiger partial charge is 0.342 e. The van der Waals surface area contributed by atoms with E-state index in [1.807, 2.05) is 19.0 Å². The van der Waals surface area contributed by atoms with Crippen molar-refractivity contribution in [1.29, 1.82) is 0 Å². The van der Waals surface area contributed by atoms with Crippen LogP contribution in [0, 0.1) is 5.82 Å². The normalized spacial score (nSPS) is 17.8. The lowest BCUT2D eigenvalue weighted by molar-refractivity contribution is -0.140. The highest BCUT2D eigenvalue weighted by atomic mass is 19.3. The van der Waals surface area contributed by atoms with Crippen molar-refractivity contribution < 1.29 is 22.8 Å². The first-order chi connectivity index (χ1) is 17.1. The molecule has 1 aliphatic carbocycles. The van der Waals surface area contributed by atoms with Crippen molar-refractivity contribution >= 4 is 35.0 Å². The summed E-state index contributed by atoms with van der Waals surface area (Å²) in [6.07, 6.45) is 4.53. The van der Waals surface area contributed by atoms with E-state index in [2.05, 4.69) is 20.6 Å². The molecule has 194 valence electrons. The highest BCUT2D eigenvalue weighted by Crippen LogP contribution is 2.39. The zero-order valence-corrected chi connectivity index (χ0v) is 20.5. The van der Waals surface area contributed by atoms with Gasteiger partial charge in [-0.2, -0.15) is 13.8 Å². The molecule has 1 aromatic carbocycles. The Balaban J connectivity index is 1.58. The van der Waals surface area contributed by atoms with Gasteiger partial charge in [-0.3, -0.25) is 9.59 Å². The quantitative estimate of drug-likeness (QED) is 0.598. The van der Waals surface area contributed by atoms with Gasteiger partial charge >= 0.3 is 5.92 Å². The third-order valence-corrected chi connectivity index (χ3v) is 6.46. The van der Waals surface area contributed by atoms with Gasteiger partial charge in [-0.15, -0.1) is 0 Å². The minimum absolute atomic E-state index is 0.00935. The van der Waals surface area contributed by atoms with Crippen LogP contribution in [0.4, 0.5) is 36.3 Å². The molecule has 1 aliphatic heterocycles. The maximum atomic E-state index is 14.8. The predicted octanol–water partition coefficient (Wildman–Crippen LogP) is 3.01. The molecule has 12 heteroatoms. The molecule has 1 fully saturated rings. The molecule has 2 heterocycles. The van der Waals surface area contributed by atoms with Gasteiger partial charge in [0.1, 0.15) is 11.5 Å². The van der Waals surface area contributed by atoms with E-state index >= 15 is 0 Å². The third-order valence-electron chi connectivity index (χ3n) is 6.46. The average Bonchev–Trinajstić information content (AvgIpc) is 3.35. The van der Waals surface area contributed by atoms with Crippen LogP contribution < -0.4 is 20.4 Å². The summed E-state index contributed by atoms with van der Waals surface area (Å²) in [7, 11) is 5.03. The van der Waals surface area contributed by atoms with Gasteiger partial charge in [0.15, 0.2) is 5.82 Å². The SMILES string of the molecule is CN(C)CCNC(=O)c1ccc(Nc2ncc3c(n2)N(C2CCCC2)CC(F)(F)C(=O)N3C)c(F)c1. The van der Waals surface area contributed by atoms with E-state index in [1.165, 1.54) is 30.3 Å². The number of likely N-dealkylation sites (N-methyl/N-ethyl adjacent to an activating group) is 1. The minimum Gasteiger partial charge on any atom is -0.351 e. The average molecular weight is 506 g/mol. The Kier molecular flexibility index (Phi) is 7.34. The molecule has 0 unspecified atom stereocenters. The summed E-state index contributed by atoms with van der Waals surface area (Å²) >= 11 is 0. The molecule has 36 heavy (non-hydrogen) atoms. The first-order valence-electron chi connectivity index (χ1n) is 11.9. The van der Waals surface area contributed by atoms with E-state index in [9.17, 15) is 22.8 Å². The Morgan fingerprint density at radius 3 is 2.64 bits per heavy atom. The van der Waals surface area contributed by atoms with Gasteiger partial charge in [-0.25, -0.2) is 9.37 Å². The summed E-state index contributed by atoms with van der Waals surface area (Å²) in [5.74, 6) is -5.81. The number of fused-ring (bicyclic) bond motifs is 1. The van der Waals surface area contributed by atoms with Gasteiger partial charge in [-0.1, -0.05) is 12.8 Å². The Hall–Kier alpha value is -3.41. The van der Waals surface area contributed by atoms with Gasteiger partial charge in [0, 0.05) is 31.7 Å². The lowest BCUT2D eigenvalue weighted by Gasteiger charge is -2.31. The first kappa shape index (κ1) is 25.7. The lowest BCUT2D eigenvalue weighted by Crippen LogP contribution is -2.48. The van der Waals surface area contributed by atoms with Crippen LogP contribution in [0.2, 0.25) is 0 Å². The van der Waals surface area contributed by atoms with Crippen LogP contribution in [0.3, 0.4) is 0 Å². The number of nitrogens with zero attached hydrogens (tertiary/aromatic N) is 5. The van der Waals surface area contributed by atoms with Crippen LogP contribution >= 0.6 is 0 Å². The van der Waals surface area contributed by atoms with Crippen molar-refractivity contribution in [3.05, 3.63) is 35.8 Å². The number of aromatic nitrogens is 2. The fourth-order valence-corrected chi connectivity index (χ4v) is 4.48. The molecular weight excluding hydrogens is 475 g/mol. The van der Waals surface area contributed by atoms with Crippen LogP contribution in [0.15, 0.2) is 24.4 Å². The number of alkyl halides is 2. The van der Waals surface area contributed by atoms with E-state index in [0.717, 1.165) is 23.8 Å². The molecule has 0 saturated heterocycles. The number of halogens is 3. The minimum atomic E-state index is -3.58. The second-order valence-corrected chi connectivity index (χ2v) is 9.42. The van der Waals surface area contributed by atoms with Crippen LogP contribution in [-0.2, 0) is 4.79 Å². The van der Waals surface area contributed by atoms with E-state index in [4.69, 9.17) is 0 Å². The van der Waals surface area contributed by atoms with Crippen molar-refractivity contribution in [3.8, 4) is 0 Å². The fraction of sp³-hybridized carbons (Fsp3) is 0.500. The summed E-state index contributed by atoms with van der Waals surface area (Å²) in [5.41, 5.74) is 0.352. The van der Waals surface area contributed by atoms with Crippen molar-refractivity contribution in [1.82, 2.24) is 20.2 Å². The number of carbonyl (C=O) groups is 2. The lowest BCUT2D eigenvalue weighted by atomic mass is 10.2. The molecule has 9 nitrogen and oxygen atoms in total. The second-order valence-electron chi connectivity index (χ2n) is 9.42.